The van der Waals surface area contributed by atoms with Crippen LogP contribution in [0.25, 0.3) is 11.3 Å². The van der Waals surface area contributed by atoms with Crippen molar-refractivity contribution in [1.29, 1.82) is 0 Å². The Kier molecular flexibility index (Phi) is 8.12. The minimum atomic E-state index is -1.40. The van der Waals surface area contributed by atoms with E-state index in [0.717, 1.165) is 0 Å². The first kappa shape index (κ1) is 30.4. The van der Waals surface area contributed by atoms with Gasteiger partial charge in [0.2, 0.25) is 11.8 Å². The first-order valence-electron chi connectivity index (χ1n) is 14.7. The number of halogens is 2. The molecule has 236 valence electrons. The molecule has 12 nitrogen and oxygen atoms in total. The number of piperidine rings is 1. The van der Waals surface area contributed by atoms with E-state index in [0.29, 0.717) is 72.8 Å². The lowest BCUT2D eigenvalue weighted by Crippen LogP contribution is -2.54. The number of hydrogen-bond acceptors (Lipinski definition) is 7. The number of aromatic nitrogens is 2. The summed E-state index contributed by atoms with van der Waals surface area (Å²) in [4.78, 5) is 61.3. The highest BCUT2D eigenvalue weighted by Crippen LogP contribution is 2.46. The standard InChI is InChI=1S/C31H32ClFN6O6/c1-16-26-18-9-8-17(35-29(42)44-2)14-22(18)36-23(40)7-4-3-6-19(27(34-16)38-26)28(41)39-13-5-12-31(15-39)24-21(37-30(43)45-31)11-10-20(32)25(24)33/h8-11,14,19H,3-7,12-13,15H2,1-2H3,(H,34,38)(H,35,42)(H,36,40)(H,37,43)/t19-,31+/m1/s1. The molecule has 1 aromatic heterocycles. The molecule has 0 saturated carbocycles. The smallest absolute Gasteiger partial charge is 0.412 e. The van der Waals surface area contributed by atoms with Gasteiger partial charge in [-0.2, -0.15) is 0 Å². The van der Waals surface area contributed by atoms with Gasteiger partial charge >= 0.3 is 12.2 Å². The number of likely N-dealkylation sites (tertiary alicyclic amines) is 1. The number of imidazole rings is 1. The van der Waals surface area contributed by atoms with Gasteiger partial charge in [-0.1, -0.05) is 18.0 Å². The number of H-pyrrole nitrogens is 1. The summed E-state index contributed by atoms with van der Waals surface area (Å²) in [6, 6.07) is 7.93. The second-order valence-electron chi connectivity index (χ2n) is 11.5. The highest BCUT2D eigenvalue weighted by molar-refractivity contribution is 6.31. The van der Waals surface area contributed by atoms with Gasteiger partial charge in [0.05, 0.1) is 47.2 Å². The van der Waals surface area contributed by atoms with Gasteiger partial charge in [-0.15, -0.1) is 0 Å². The van der Waals surface area contributed by atoms with Gasteiger partial charge in [0.15, 0.2) is 11.4 Å². The highest BCUT2D eigenvalue weighted by atomic mass is 35.5. The van der Waals surface area contributed by atoms with Crippen LogP contribution in [0.2, 0.25) is 5.02 Å². The molecular formula is C31H32ClFN6O6. The van der Waals surface area contributed by atoms with Crippen molar-refractivity contribution in [3.63, 3.8) is 0 Å². The molecule has 1 fully saturated rings. The Bertz CT molecular complexity index is 1710. The Morgan fingerprint density at radius 2 is 1.98 bits per heavy atom. The molecule has 2 atom stereocenters. The van der Waals surface area contributed by atoms with E-state index in [1.807, 2.05) is 6.92 Å². The Hall–Kier alpha value is -4.65. The quantitative estimate of drug-likeness (QED) is 0.267. The number of methoxy groups -OCH3 is 1. The SMILES string of the molecule is COC(=O)Nc1ccc2c(c1)NC(=O)CCCC[C@@H](C(=O)N1CCC[C@@]3(C1)OC(=O)Nc1ccc(Cl)c(F)c13)c1nc-2c(C)[nH]1. The third kappa shape index (κ3) is 5.79. The molecule has 0 unspecified atom stereocenters. The number of anilines is 3. The number of nitrogens with one attached hydrogen (secondary N) is 4. The van der Waals surface area contributed by atoms with Crippen LogP contribution >= 0.6 is 11.6 Å². The second kappa shape index (κ2) is 12.0. The van der Waals surface area contributed by atoms with Gasteiger partial charge in [0.25, 0.3) is 0 Å². The van der Waals surface area contributed by atoms with Crippen LogP contribution < -0.4 is 16.0 Å². The van der Waals surface area contributed by atoms with E-state index < -0.39 is 29.5 Å². The van der Waals surface area contributed by atoms with Gasteiger partial charge in [0, 0.05) is 29.9 Å². The lowest BCUT2D eigenvalue weighted by atomic mass is 9.82. The van der Waals surface area contributed by atoms with E-state index in [1.54, 1.807) is 23.1 Å². The predicted molar refractivity (Wildman–Crippen MR) is 164 cm³/mol. The summed E-state index contributed by atoms with van der Waals surface area (Å²) >= 11 is 6.13. The number of fused-ring (bicyclic) bond motifs is 6. The molecule has 1 saturated heterocycles. The van der Waals surface area contributed by atoms with Crippen molar-refractivity contribution in [3.05, 3.63) is 58.3 Å². The fourth-order valence-electron chi connectivity index (χ4n) is 6.42. The van der Waals surface area contributed by atoms with Crippen molar-refractivity contribution in [2.24, 2.45) is 0 Å². The molecule has 14 heteroatoms. The van der Waals surface area contributed by atoms with Crippen LogP contribution in [0.15, 0.2) is 30.3 Å². The number of carbonyl (C=O) groups is 4. The normalized spacial score (nSPS) is 21.2. The summed E-state index contributed by atoms with van der Waals surface area (Å²) in [5.41, 5.74) is 1.69. The molecule has 4 amide bonds. The maximum Gasteiger partial charge on any atom is 0.412 e. The fraction of sp³-hybridized carbons (Fsp3) is 0.387. The van der Waals surface area contributed by atoms with Crippen molar-refractivity contribution in [2.75, 3.05) is 36.1 Å². The largest absolute Gasteiger partial charge is 0.453 e. The molecule has 6 rings (SSSR count). The minimum absolute atomic E-state index is 0.0478. The van der Waals surface area contributed by atoms with Gasteiger partial charge < -0.3 is 24.7 Å². The maximum absolute atomic E-state index is 15.4. The zero-order valence-electron chi connectivity index (χ0n) is 24.7. The Labute approximate surface area is 263 Å². The van der Waals surface area contributed by atoms with E-state index >= 15 is 4.39 Å². The minimum Gasteiger partial charge on any atom is -0.453 e. The summed E-state index contributed by atoms with van der Waals surface area (Å²) in [7, 11) is 1.26. The molecule has 4 N–H and O–H groups in total. The van der Waals surface area contributed by atoms with Crippen molar-refractivity contribution < 1.29 is 33.0 Å². The van der Waals surface area contributed by atoms with Gasteiger partial charge in [0.1, 0.15) is 5.82 Å². The molecule has 0 aliphatic carbocycles. The summed E-state index contributed by atoms with van der Waals surface area (Å²) < 4.78 is 25.9. The van der Waals surface area contributed by atoms with Crippen molar-refractivity contribution in [3.8, 4) is 11.3 Å². The Balaban J connectivity index is 1.35. The monoisotopic (exact) mass is 638 g/mol. The average molecular weight is 639 g/mol. The van der Waals surface area contributed by atoms with Crippen LogP contribution in [0, 0.1) is 12.7 Å². The molecule has 3 aliphatic heterocycles. The number of amides is 4. The highest BCUT2D eigenvalue weighted by Gasteiger charge is 2.49. The first-order valence-corrected chi connectivity index (χ1v) is 15.1. The number of hydrogen-bond donors (Lipinski definition) is 4. The van der Waals surface area contributed by atoms with Gasteiger partial charge in [-0.3, -0.25) is 20.2 Å². The lowest BCUT2D eigenvalue weighted by molar-refractivity contribution is -0.141. The molecule has 2 bridgehead atoms. The predicted octanol–water partition coefficient (Wildman–Crippen LogP) is 6.03. The van der Waals surface area contributed by atoms with E-state index in [1.165, 1.54) is 19.2 Å². The number of rotatable bonds is 2. The third-order valence-corrected chi connectivity index (χ3v) is 8.79. The zero-order chi connectivity index (χ0) is 31.9. The second-order valence-corrected chi connectivity index (χ2v) is 11.9. The average Bonchev–Trinajstić information content (AvgIpc) is 3.38. The zero-order valence-corrected chi connectivity index (χ0v) is 25.5. The summed E-state index contributed by atoms with van der Waals surface area (Å²) in [5, 5.41) is 7.97. The fourth-order valence-corrected chi connectivity index (χ4v) is 6.57. The summed E-state index contributed by atoms with van der Waals surface area (Å²) in [6.45, 7) is 2.16. The Morgan fingerprint density at radius 1 is 1.16 bits per heavy atom. The van der Waals surface area contributed by atoms with Crippen LogP contribution in [0.5, 0.6) is 0 Å². The van der Waals surface area contributed by atoms with E-state index in [-0.39, 0.29) is 41.1 Å². The summed E-state index contributed by atoms with van der Waals surface area (Å²) in [6.07, 6.45) is 1.12. The van der Waals surface area contributed by atoms with Crippen LogP contribution in [0.1, 0.15) is 61.5 Å². The number of aryl methyl sites for hydroxylation is 1. The van der Waals surface area contributed by atoms with Gasteiger partial charge in [-0.05, 0) is 62.9 Å². The molecule has 45 heavy (non-hydrogen) atoms. The van der Waals surface area contributed by atoms with Crippen molar-refractivity contribution in [2.45, 2.75) is 57.0 Å². The molecule has 0 radical (unpaired) electrons. The number of aromatic amines is 1. The van der Waals surface area contributed by atoms with E-state index in [2.05, 4.69) is 25.7 Å². The van der Waals surface area contributed by atoms with Crippen LogP contribution in [-0.2, 0) is 24.7 Å². The molecular weight excluding hydrogens is 607 g/mol. The Morgan fingerprint density at radius 3 is 2.78 bits per heavy atom. The molecule has 1 spiro atoms. The van der Waals surface area contributed by atoms with Crippen LogP contribution in [0.3, 0.4) is 0 Å². The molecule has 3 aromatic rings. The van der Waals surface area contributed by atoms with E-state index in [9.17, 15) is 19.2 Å². The van der Waals surface area contributed by atoms with Crippen molar-refractivity contribution >= 4 is 52.7 Å². The van der Waals surface area contributed by atoms with Crippen LogP contribution in [0.4, 0.5) is 31.0 Å². The number of benzene rings is 2. The van der Waals surface area contributed by atoms with Gasteiger partial charge in [-0.25, -0.2) is 19.0 Å². The van der Waals surface area contributed by atoms with Crippen molar-refractivity contribution in [1.82, 2.24) is 14.9 Å². The number of nitrogens with zero attached hydrogens (tertiary/aromatic N) is 2. The molecule has 2 aromatic carbocycles. The van der Waals surface area contributed by atoms with Crippen LogP contribution in [-0.4, -0.2) is 59.1 Å². The maximum atomic E-state index is 15.4. The number of ether oxygens (including phenoxy) is 2. The number of carbonyl (C=O) groups excluding carboxylic acids is 4. The summed E-state index contributed by atoms with van der Waals surface area (Å²) in [5.74, 6) is -1.39. The first-order chi connectivity index (χ1) is 21.6. The molecule has 3 aliphatic rings. The lowest BCUT2D eigenvalue weighted by Gasteiger charge is -2.45. The van der Waals surface area contributed by atoms with E-state index in [4.69, 9.17) is 21.3 Å². The third-order valence-electron chi connectivity index (χ3n) is 8.50. The topological polar surface area (TPSA) is 155 Å². The molecule has 4 heterocycles.